The number of benzene rings is 1. The molecule has 0 aliphatic rings. The van der Waals surface area contributed by atoms with Crippen LogP contribution in [0, 0.1) is 12.8 Å². The van der Waals surface area contributed by atoms with Crippen molar-refractivity contribution in [2.75, 3.05) is 11.9 Å². The third-order valence-electron chi connectivity index (χ3n) is 3.91. The van der Waals surface area contributed by atoms with Crippen molar-refractivity contribution in [2.45, 2.75) is 26.5 Å². The Balaban J connectivity index is 2.10. The molecule has 8 heteroatoms. The van der Waals surface area contributed by atoms with E-state index in [2.05, 4.69) is 29.1 Å². The number of hydrogen-bond acceptors (Lipinski definition) is 5. The summed E-state index contributed by atoms with van der Waals surface area (Å²) in [4.78, 5) is 8.42. The number of anilines is 1. The molecule has 0 spiro atoms. The van der Waals surface area contributed by atoms with E-state index in [1.54, 1.807) is 25.1 Å². The van der Waals surface area contributed by atoms with E-state index in [9.17, 15) is 8.42 Å². The predicted octanol–water partition coefficient (Wildman–Crippen LogP) is 3.84. The average Bonchev–Trinajstić information content (AvgIpc) is 2.89. The minimum absolute atomic E-state index is 0.0121. The number of halogens is 1. The molecule has 0 aliphatic heterocycles. The molecule has 2 aromatic heterocycles. The van der Waals surface area contributed by atoms with E-state index in [1.807, 2.05) is 18.2 Å². The van der Waals surface area contributed by atoms with Crippen LogP contribution < -0.4 is 5.32 Å². The van der Waals surface area contributed by atoms with E-state index in [1.165, 1.54) is 3.97 Å². The van der Waals surface area contributed by atoms with Gasteiger partial charge in [0.05, 0.1) is 11.1 Å². The molecule has 0 fully saturated rings. The lowest BCUT2D eigenvalue weighted by molar-refractivity contribution is 0.587. The van der Waals surface area contributed by atoms with Gasteiger partial charge in [0, 0.05) is 12.2 Å². The number of aryl methyl sites for hydroxylation is 1. The molecule has 0 aliphatic carbocycles. The summed E-state index contributed by atoms with van der Waals surface area (Å²) in [6, 6.07) is 10.8. The Morgan fingerprint density at radius 2 is 1.88 bits per heavy atom. The summed E-state index contributed by atoms with van der Waals surface area (Å²) in [5.74, 6) is 0.837. The van der Waals surface area contributed by atoms with Gasteiger partial charge in [-0.2, -0.15) is 4.98 Å². The van der Waals surface area contributed by atoms with Crippen LogP contribution in [0.3, 0.4) is 0 Å². The second kappa shape index (κ2) is 7.25. The molecule has 6 nitrogen and oxygen atoms in total. The fourth-order valence-corrected chi connectivity index (χ4v) is 4.59. The first-order chi connectivity index (χ1) is 12.3. The first-order valence-corrected chi connectivity index (χ1v) is 10.3. The second-order valence-electron chi connectivity index (χ2n) is 6.65. The summed E-state index contributed by atoms with van der Waals surface area (Å²) in [6.07, 6.45) is 0. The van der Waals surface area contributed by atoms with Crippen LogP contribution in [0.1, 0.15) is 25.1 Å². The first-order valence-electron chi connectivity index (χ1n) is 8.34. The summed E-state index contributed by atoms with van der Waals surface area (Å²) in [5.41, 5.74) is 1.58. The number of hydrogen-bond donors (Lipinski definition) is 1. The van der Waals surface area contributed by atoms with Gasteiger partial charge in [0.2, 0.25) is 15.3 Å². The minimum Gasteiger partial charge on any atom is -0.369 e. The van der Waals surface area contributed by atoms with Gasteiger partial charge >= 0.3 is 0 Å². The first kappa shape index (κ1) is 18.7. The minimum atomic E-state index is -3.65. The molecule has 0 atom stereocenters. The van der Waals surface area contributed by atoms with Crippen LogP contribution in [-0.4, -0.2) is 28.9 Å². The van der Waals surface area contributed by atoms with Crippen LogP contribution in [0.25, 0.3) is 11.0 Å². The maximum absolute atomic E-state index is 13.0. The van der Waals surface area contributed by atoms with E-state index in [0.717, 1.165) is 0 Å². The molecule has 0 amide bonds. The zero-order valence-corrected chi connectivity index (χ0v) is 16.5. The molecule has 0 radical (unpaired) electrons. The summed E-state index contributed by atoms with van der Waals surface area (Å²) >= 11 is 6.06. The lowest BCUT2D eigenvalue weighted by atomic mass is 10.2. The SMILES string of the molecule is Cc1cc2c(NCC(C)C)nc(Cl)nc2n1S(=O)(=O)Cc1ccccc1. The van der Waals surface area contributed by atoms with Crippen molar-refractivity contribution < 1.29 is 8.42 Å². The largest absolute Gasteiger partial charge is 0.369 e. The molecule has 26 heavy (non-hydrogen) atoms. The summed E-state index contributed by atoms with van der Waals surface area (Å²) in [5, 5.41) is 3.88. The average molecular weight is 393 g/mol. The van der Waals surface area contributed by atoms with Gasteiger partial charge in [0.25, 0.3) is 0 Å². The third-order valence-corrected chi connectivity index (χ3v) is 5.80. The van der Waals surface area contributed by atoms with Crippen molar-refractivity contribution in [1.29, 1.82) is 0 Å². The molecular formula is C18H21ClN4O2S. The third kappa shape index (κ3) is 3.83. The zero-order chi connectivity index (χ0) is 18.9. The van der Waals surface area contributed by atoms with Crippen molar-refractivity contribution in [3.8, 4) is 0 Å². The Bertz CT molecular complexity index is 1030. The van der Waals surface area contributed by atoms with Crippen molar-refractivity contribution >= 4 is 38.5 Å². The summed E-state index contributed by atoms with van der Waals surface area (Å²) < 4.78 is 27.3. The molecule has 3 rings (SSSR count). The molecule has 0 saturated carbocycles. The quantitative estimate of drug-likeness (QED) is 0.645. The van der Waals surface area contributed by atoms with Crippen molar-refractivity contribution in [1.82, 2.24) is 13.9 Å². The van der Waals surface area contributed by atoms with Crippen molar-refractivity contribution in [3.05, 3.63) is 52.9 Å². The molecule has 0 bridgehead atoms. The molecule has 1 N–H and O–H groups in total. The Morgan fingerprint density at radius 3 is 2.54 bits per heavy atom. The van der Waals surface area contributed by atoms with Crippen LogP contribution in [0.5, 0.6) is 0 Å². The summed E-state index contributed by atoms with van der Waals surface area (Å²) in [6.45, 7) is 6.59. The highest BCUT2D eigenvalue weighted by molar-refractivity contribution is 7.89. The van der Waals surface area contributed by atoms with Crippen LogP contribution in [0.4, 0.5) is 5.82 Å². The van der Waals surface area contributed by atoms with Gasteiger partial charge in [-0.15, -0.1) is 0 Å². The Kier molecular flexibility index (Phi) is 5.20. The number of nitrogens with one attached hydrogen (secondary N) is 1. The molecule has 0 unspecified atom stereocenters. The van der Waals surface area contributed by atoms with Gasteiger partial charge in [-0.3, -0.25) is 0 Å². The topological polar surface area (TPSA) is 76.9 Å². The lowest BCUT2D eigenvalue weighted by Crippen LogP contribution is -2.17. The molecule has 0 saturated heterocycles. The maximum atomic E-state index is 13.0. The second-order valence-corrected chi connectivity index (χ2v) is 8.80. The Labute approximate surface area is 158 Å². The Morgan fingerprint density at radius 1 is 1.19 bits per heavy atom. The Hall–Kier alpha value is -2.12. The van der Waals surface area contributed by atoms with E-state index in [4.69, 9.17) is 11.6 Å². The monoisotopic (exact) mass is 392 g/mol. The smallest absolute Gasteiger partial charge is 0.244 e. The van der Waals surface area contributed by atoms with E-state index in [0.29, 0.717) is 40.6 Å². The van der Waals surface area contributed by atoms with Crippen LogP contribution >= 0.6 is 11.6 Å². The summed E-state index contributed by atoms with van der Waals surface area (Å²) in [7, 11) is -3.65. The van der Waals surface area contributed by atoms with E-state index < -0.39 is 10.0 Å². The van der Waals surface area contributed by atoms with Gasteiger partial charge < -0.3 is 5.32 Å². The van der Waals surface area contributed by atoms with Gasteiger partial charge in [-0.1, -0.05) is 44.2 Å². The van der Waals surface area contributed by atoms with Crippen molar-refractivity contribution in [3.63, 3.8) is 0 Å². The lowest BCUT2D eigenvalue weighted by Gasteiger charge is -2.11. The predicted molar refractivity (Wildman–Crippen MR) is 105 cm³/mol. The highest BCUT2D eigenvalue weighted by atomic mass is 35.5. The number of fused-ring (bicyclic) bond motifs is 1. The molecule has 1 aromatic carbocycles. The van der Waals surface area contributed by atoms with Crippen LogP contribution in [0.15, 0.2) is 36.4 Å². The van der Waals surface area contributed by atoms with Crippen molar-refractivity contribution in [2.24, 2.45) is 5.92 Å². The van der Waals surface area contributed by atoms with E-state index >= 15 is 0 Å². The van der Waals surface area contributed by atoms with E-state index in [-0.39, 0.29) is 11.0 Å². The maximum Gasteiger partial charge on any atom is 0.244 e. The molecule has 138 valence electrons. The number of nitrogens with zero attached hydrogens (tertiary/aromatic N) is 3. The van der Waals surface area contributed by atoms with Crippen LogP contribution in [-0.2, 0) is 15.8 Å². The molecular weight excluding hydrogens is 372 g/mol. The fourth-order valence-electron chi connectivity index (χ4n) is 2.79. The highest BCUT2D eigenvalue weighted by Gasteiger charge is 2.23. The van der Waals surface area contributed by atoms with Gasteiger partial charge in [-0.05, 0) is 36.1 Å². The van der Waals surface area contributed by atoms with Gasteiger partial charge in [0.1, 0.15) is 5.82 Å². The highest BCUT2D eigenvalue weighted by Crippen LogP contribution is 2.28. The zero-order valence-electron chi connectivity index (χ0n) is 14.9. The molecule has 2 heterocycles. The standard InChI is InChI=1S/C18H21ClN4O2S/c1-12(2)10-20-16-15-9-13(3)23(17(15)22-18(19)21-16)26(24,25)11-14-7-5-4-6-8-14/h4-9,12H,10-11H2,1-3H3,(H,20,21,22). The van der Waals surface area contributed by atoms with Gasteiger partial charge in [-0.25, -0.2) is 17.4 Å². The van der Waals surface area contributed by atoms with Gasteiger partial charge in [0.15, 0.2) is 5.65 Å². The fraction of sp³-hybridized carbons (Fsp3) is 0.333. The molecule has 3 aromatic rings. The normalized spacial score (nSPS) is 12.0. The number of aromatic nitrogens is 3. The van der Waals surface area contributed by atoms with Crippen LogP contribution in [0.2, 0.25) is 5.28 Å². The number of rotatable bonds is 6.